The van der Waals surface area contributed by atoms with Gasteiger partial charge in [0, 0.05) is 5.69 Å². The van der Waals surface area contributed by atoms with Gasteiger partial charge in [0.1, 0.15) is 5.82 Å². The molecule has 4 aromatic rings. The first-order chi connectivity index (χ1) is 15.8. The molecule has 0 radical (unpaired) electrons. The summed E-state index contributed by atoms with van der Waals surface area (Å²) >= 11 is 0. The Kier molecular flexibility index (Phi) is 5.67. The Morgan fingerprint density at radius 2 is 1.59 bits per heavy atom. The molecule has 0 atom stereocenters. The van der Waals surface area contributed by atoms with Crippen LogP contribution in [0.15, 0.2) is 64.3 Å². The molecule has 0 saturated heterocycles. The highest BCUT2D eigenvalue weighted by Gasteiger charge is 2.35. The Labute approximate surface area is 187 Å². The SMILES string of the molecule is O=c1[nH]n(Cc2ccc(F)c(F)c2)c2ccc(NS(=O)(=O)c3ccc(F)c(C(F)(F)F)c3)cc12. The smallest absolute Gasteiger partial charge is 0.280 e. The highest BCUT2D eigenvalue weighted by atomic mass is 32.2. The average Bonchev–Trinajstić information content (AvgIpc) is 3.04. The molecule has 0 amide bonds. The number of aromatic amines is 1. The minimum absolute atomic E-state index is 0.0258. The monoisotopic (exact) mass is 501 g/mol. The number of rotatable bonds is 5. The van der Waals surface area contributed by atoms with E-state index >= 15 is 0 Å². The van der Waals surface area contributed by atoms with Crippen molar-refractivity contribution in [2.45, 2.75) is 17.6 Å². The maximum atomic E-state index is 13.5. The summed E-state index contributed by atoms with van der Waals surface area (Å²) in [6.45, 7) is -0.0309. The van der Waals surface area contributed by atoms with Crippen LogP contribution in [0.5, 0.6) is 0 Å². The van der Waals surface area contributed by atoms with Gasteiger partial charge in [-0.25, -0.2) is 21.6 Å². The third kappa shape index (κ3) is 4.51. The van der Waals surface area contributed by atoms with E-state index in [4.69, 9.17) is 0 Å². The fraction of sp³-hybridized carbons (Fsp3) is 0.0952. The topological polar surface area (TPSA) is 84.0 Å². The van der Waals surface area contributed by atoms with Gasteiger partial charge in [0.25, 0.3) is 15.6 Å². The fourth-order valence-electron chi connectivity index (χ4n) is 3.31. The zero-order chi connectivity index (χ0) is 24.8. The largest absolute Gasteiger partial charge is 0.419 e. The van der Waals surface area contributed by atoms with E-state index in [0.29, 0.717) is 23.2 Å². The predicted molar refractivity (Wildman–Crippen MR) is 110 cm³/mol. The molecule has 1 heterocycles. The zero-order valence-corrected chi connectivity index (χ0v) is 17.6. The van der Waals surface area contributed by atoms with Gasteiger partial charge in [-0.3, -0.25) is 19.3 Å². The van der Waals surface area contributed by atoms with Crippen LogP contribution in [0.25, 0.3) is 10.9 Å². The molecule has 34 heavy (non-hydrogen) atoms. The van der Waals surface area contributed by atoms with Crippen molar-refractivity contribution in [1.29, 1.82) is 0 Å². The molecule has 0 fully saturated rings. The van der Waals surface area contributed by atoms with Crippen molar-refractivity contribution < 1.29 is 34.8 Å². The lowest BCUT2D eigenvalue weighted by molar-refractivity contribution is -0.140. The van der Waals surface area contributed by atoms with Gasteiger partial charge in [0.05, 0.1) is 27.9 Å². The lowest BCUT2D eigenvalue weighted by Gasteiger charge is -2.12. The number of hydrogen-bond donors (Lipinski definition) is 2. The standard InChI is InChI=1S/C21H13F6N3O3S/c22-16-5-3-13(9-15(16)21(25,26)27)34(32,33)29-12-2-6-19-14(8-12)20(31)28-30(19)10-11-1-4-17(23)18(24)7-11/h1-9,29H,10H2,(H,28,31). The van der Waals surface area contributed by atoms with Crippen molar-refractivity contribution in [3.8, 4) is 0 Å². The van der Waals surface area contributed by atoms with Gasteiger partial charge in [0.15, 0.2) is 11.6 Å². The van der Waals surface area contributed by atoms with Crippen LogP contribution in [0.1, 0.15) is 11.1 Å². The molecule has 4 rings (SSSR count). The van der Waals surface area contributed by atoms with E-state index in [1.54, 1.807) is 0 Å². The Bertz CT molecular complexity index is 1580. The van der Waals surface area contributed by atoms with E-state index < -0.39 is 49.7 Å². The van der Waals surface area contributed by atoms with Crippen LogP contribution in [0, 0.1) is 17.5 Å². The number of anilines is 1. The Hall–Kier alpha value is -3.74. The first-order valence-electron chi connectivity index (χ1n) is 9.41. The fourth-order valence-corrected chi connectivity index (χ4v) is 4.38. The van der Waals surface area contributed by atoms with Crippen LogP contribution >= 0.6 is 0 Å². The quantitative estimate of drug-likeness (QED) is 0.392. The number of nitrogens with one attached hydrogen (secondary N) is 2. The summed E-state index contributed by atoms with van der Waals surface area (Å²) in [6, 6.07) is 8.22. The number of alkyl halides is 3. The number of sulfonamides is 1. The van der Waals surface area contributed by atoms with Gasteiger partial charge in [-0.15, -0.1) is 0 Å². The van der Waals surface area contributed by atoms with Crippen molar-refractivity contribution in [3.63, 3.8) is 0 Å². The average molecular weight is 501 g/mol. The summed E-state index contributed by atoms with van der Waals surface area (Å²) in [5.41, 5.74) is -1.86. The maximum absolute atomic E-state index is 13.5. The van der Waals surface area contributed by atoms with Gasteiger partial charge in [0.2, 0.25) is 0 Å². The van der Waals surface area contributed by atoms with Crippen LogP contribution in [-0.4, -0.2) is 18.2 Å². The number of hydrogen-bond acceptors (Lipinski definition) is 3. The van der Waals surface area contributed by atoms with Crippen molar-refractivity contribution >= 4 is 26.6 Å². The normalized spacial score (nSPS) is 12.3. The molecule has 0 saturated carbocycles. The first-order valence-corrected chi connectivity index (χ1v) is 10.9. The predicted octanol–water partition coefficient (Wildman–Crippen LogP) is 4.61. The summed E-state index contributed by atoms with van der Waals surface area (Å²) < 4.78 is 107. The zero-order valence-electron chi connectivity index (χ0n) is 16.8. The molecule has 0 aliphatic rings. The molecule has 2 N–H and O–H groups in total. The van der Waals surface area contributed by atoms with E-state index in [1.165, 1.54) is 22.9 Å². The van der Waals surface area contributed by atoms with E-state index in [0.717, 1.165) is 18.2 Å². The summed E-state index contributed by atoms with van der Waals surface area (Å²) in [7, 11) is -4.56. The number of halogens is 6. The Morgan fingerprint density at radius 3 is 2.26 bits per heavy atom. The molecule has 0 spiro atoms. The van der Waals surface area contributed by atoms with Crippen LogP contribution in [0.2, 0.25) is 0 Å². The van der Waals surface area contributed by atoms with Crippen molar-refractivity contribution in [1.82, 2.24) is 9.78 Å². The second-order valence-electron chi connectivity index (χ2n) is 7.25. The number of benzene rings is 3. The number of fused-ring (bicyclic) bond motifs is 1. The van der Waals surface area contributed by atoms with Crippen molar-refractivity contribution in [3.05, 3.63) is 93.5 Å². The summed E-state index contributed by atoms with van der Waals surface area (Å²) in [5, 5.41) is 2.51. The lowest BCUT2D eigenvalue weighted by Crippen LogP contribution is -2.16. The van der Waals surface area contributed by atoms with Gasteiger partial charge in [-0.05, 0) is 54.1 Å². The highest BCUT2D eigenvalue weighted by Crippen LogP contribution is 2.33. The van der Waals surface area contributed by atoms with Crippen molar-refractivity contribution in [2.75, 3.05) is 4.72 Å². The third-order valence-electron chi connectivity index (χ3n) is 4.90. The summed E-state index contributed by atoms with van der Waals surface area (Å²) in [6.07, 6.45) is -5.10. The minimum Gasteiger partial charge on any atom is -0.280 e. The van der Waals surface area contributed by atoms with Crippen LogP contribution in [0.3, 0.4) is 0 Å². The first kappa shape index (κ1) is 23.4. The minimum atomic E-state index is -5.10. The maximum Gasteiger partial charge on any atom is 0.419 e. The molecular weight excluding hydrogens is 488 g/mol. The Balaban J connectivity index is 1.65. The van der Waals surface area contributed by atoms with E-state index in [-0.39, 0.29) is 23.7 Å². The van der Waals surface area contributed by atoms with Gasteiger partial charge < -0.3 is 0 Å². The number of aromatic nitrogens is 2. The van der Waals surface area contributed by atoms with Gasteiger partial charge in [-0.1, -0.05) is 6.07 Å². The van der Waals surface area contributed by atoms with Gasteiger partial charge in [-0.2, -0.15) is 13.2 Å². The van der Waals surface area contributed by atoms with Crippen LogP contribution < -0.4 is 10.3 Å². The Morgan fingerprint density at radius 1 is 0.882 bits per heavy atom. The summed E-state index contributed by atoms with van der Waals surface area (Å²) in [5.74, 6) is -3.72. The number of H-pyrrole nitrogens is 1. The molecular formula is C21H13F6N3O3S. The highest BCUT2D eigenvalue weighted by molar-refractivity contribution is 7.92. The lowest BCUT2D eigenvalue weighted by atomic mass is 10.2. The molecule has 178 valence electrons. The summed E-state index contributed by atoms with van der Waals surface area (Å²) in [4.78, 5) is 11.5. The second kappa shape index (κ2) is 8.24. The van der Waals surface area contributed by atoms with E-state index in [2.05, 4.69) is 9.82 Å². The molecule has 0 unspecified atom stereocenters. The molecule has 0 bridgehead atoms. The molecule has 0 aliphatic heterocycles. The van der Waals surface area contributed by atoms with E-state index in [9.17, 15) is 39.6 Å². The molecule has 6 nitrogen and oxygen atoms in total. The molecule has 3 aromatic carbocycles. The third-order valence-corrected chi connectivity index (χ3v) is 6.28. The van der Waals surface area contributed by atoms with Gasteiger partial charge >= 0.3 is 6.18 Å². The second-order valence-corrected chi connectivity index (χ2v) is 8.93. The van der Waals surface area contributed by atoms with E-state index in [1.807, 2.05) is 0 Å². The molecule has 13 heteroatoms. The van der Waals surface area contributed by atoms with Crippen LogP contribution in [0.4, 0.5) is 32.0 Å². The van der Waals surface area contributed by atoms with Crippen LogP contribution in [-0.2, 0) is 22.7 Å². The molecule has 1 aromatic heterocycles. The number of nitrogens with zero attached hydrogens (tertiary/aromatic N) is 1. The molecule has 0 aliphatic carbocycles. The van der Waals surface area contributed by atoms with Crippen molar-refractivity contribution in [2.24, 2.45) is 0 Å².